The van der Waals surface area contributed by atoms with Gasteiger partial charge in [-0.05, 0) is 42.0 Å². The molecule has 2 aromatic carbocycles. The standard InChI is InChI=1S/C16H14ClFN2O2/c17-12-3-1-11(2-4-12)10-19-15(21)9-16(22)20-14-7-5-13(18)6-8-14/h1-8H,9-10H2,(H,19,21)(H,20,22). The monoisotopic (exact) mass is 320 g/mol. The van der Waals surface area contributed by atoms with E-state index in [0.29, 0.717) is 17.3 Å². The van der Waals surface area contributed by atoms with Crippen LogP contribution in [0.5, 0.6) is 0 Å². The van der Waals surface area contributed by atoms with Gasteiger partial charge in [-0.1, -0.05) is 23.7 Å². The topological polar surface area (TPSA) is 58.2 Å². The summed E-state index contributed by atoms with van der Waals surface area (Å²) in [5, 5.41) is 5.78. The fraction of sp³-hybridized carbons (Fsp3) is 0.125. The average Bonchev–Trinajstić information content (AvgIpc) is 2.49. The maximum absolute atomic E-state index is 12.7. The summed E-state index contributed by atoms with van der Waals surface area (Å²) in [6, 6.07) is 12.4. The molecular weight excluding hydrogens is 307 g/mol. The van der Waals surface area contributed by atoms with Crippen molar-refractivity contribution in [2.24, 2.45) is 0 Å². The molecule has 0 heterocycles. The van der Waals surface area contributed by atoms with Crippen LogP contribution in [0.15, 0.2) is 48.5 Å². The zero-order valence-corrected chi connectivity index (χ0v) is 12.4. The Kier molecular flexibility index (Phi) is 5.49. The quantitative estimate of drug-likeness (QED) is 0.832. The Morgan fingerprint density at radius 3 is 2.23 bits per heavy atom. The van der Waals surface area contributed by atoms with Crippen molar-refractivity contribution >= 4 is 29.1 Å². The number of carbonyl (C=O) groups excluding carboxylic acids is 2. The molecule has 0 bridgehead atoms. The van der Waals surface area contributed by atoms with E-state index >= 15 is 0 Å². The summed E-state index contributed by atoms with van der Waals surface area (Å²) in [6.45, 7) is 0.319. The summed E-state index contributed by atoms with van der Waals surface area (Å²) in [5.74, 6) is -1.24. The van der Waals surface area contributed by atoms with Crippen LogP contribution < -0.4 is 10.6 Å². The Hall–Kier alpha value is -2.40. The minimum atomic E-state index is -0.458. The molecule has 4 nitrogen and oxygen atoms in total. The first-order chi connectivity index (χ1) is 10.5. The van der Waals surface area contributed by atoms with Crippen LogP contribution in [0.1, 0.15) is 12.0 Å². The van der Waals surface area contributed by atoms with Gasteiger partial charge in [-0.2, -0.15) is 0 Å². The zero-order valence-electron chi connectivity index (χ0n) is 11.6. The second-order valence-electron chi connectivity index (χ2n) is 4.64. The van der Waals surface area contributed by atoms with E-state index < -0.39 is 17.6 Å². The van der Waals surface area contributed by atoms with E-state index in [1.165, 1.54) is 24.3 Å². The fourth-order valence-corrected chi connectivity index (χ4v) is 1.88. The van der Waals surface area contributed by atoms with Gasteiger partial charge in [0.2, 0.25) is 11.8 Å². The van der Waals surface area contributed by atoms with E-state index in [1.54, 1.807) is 24.3 Å². The number of hydrogen-bond acceptors (Lipinski definition) is 2. The largest absolute Gasteiger partial charge is 0.352 e. The summed E-state index contributed by atoms with van der Waals surface area (Å²) in [4.78, 5) is 23.4. The van der Waals surface area contributed by atoms with Crippen molar-refractivity contribution in [2.75, 3.05) is 5.32 Å². The number of nitrogens with one attached hydrogen (secondary N) is 2. The van der Waals surface area contributed by atoms with Gasteiger partial charge in [-0.3, -0.25) is 9.59 Å². The van der Waals surface area contributed by atoms with Gasteiger partial charge in [0.25, 0.3) is 0 Å². The zero-order chi connectivity index (χ0) is 15.9. The third-order valence-corrected chi connectivity index (χ3v) is 3.10. The Bertz CT molecular complexity index is 657. The molecule has 2 aromatic rings. The maximum atomic E-state index is 12.7. The molecule has 6 heteroatoms. The summed E-state index contributed by atoms with van der Waals surface area (Å²) < 4.78 is 12.7. The Morgan fingerprint density at radius 1 is 0.955 bits per heavy atom. The number of halogens is 2. The number of amides is 2. The van der Waals surface area contributed by atoms with Gasteiger partial charge in [-0.15, -0.1) is 0 Å². The lowest BCUT2D eigenvalue weighted by atomic mass is 10.2. The second kappa shape index (κ2) is 7.56. The maximum Gasteiger partial charge on any atom is 0.233 e. The van der Waals surface area contributed by atoms with Gasteiger partial charge in [0, 0.05) is 17.3 Å². The molecule has 0 saturated heterocycles. The number of anilines is 1. The van der Waals surface area contributed by atoms with E-state index in [1.807, 2.05) is 0 Å². The molecule has 0 radical (unpaired) electrons. The van der Waals surface area contributed by atoms with Crippen LogP contribution in [0.4, 0.5) is 10.1 Å². The first kappa shape index (κ1) is 16.0. The van der Waals surface area contributed by atoms with Crippen LogP contribution in [0.3, 0.4) is 0 Å². The Balaban J connectivity index is 1.77. The SMILES string of the molecule is O=C(CC(=O)Nc1ccc(F)cc1)NCc1ccc(Cl)cc1. The molecule has 2 amide bonds. The van der Waals surface area contributed by atoms with Crippen molar-refractivity contribution < 1.29 is 14.0 Å². The third kappa shape index (κ3) is 5.18. The van der Waals surface area contributed by atoms with Crippen LogP contribution >= 0.6 is 11.6 Å². The molecule has 114 valence electrons. The predicted molar refractivity (Wildman–Crippen MR) is 82.9 cm³/mol. The highest BCUT2D eigenvalue weighted by molar-refractivity contribution is 6.30. The normalized spacial score (nSPS) is 10.1. The minimum absolute atomic E-state index is 0.301. The molecule has 0 saturated carbocycles. The van der Waals surface area contributed by atoms with Crippen LogP contribution in [0, 0.1) is 5.82 Å². The number of hydrogen-bond donors (Lipinski definition) is 2. The molecule has 0 atom stereocenters. The molecule has 2 N–H and O–H groups in total. The molecule has 0 unspecified atom stereocenters. The predicted octanol–water partition coefficient (Wildman–Crippen LogP) is 3.12. The lowest BCUT2D eigenvalue weighted by Crippen LogP contribution is -2.27. The van der Waals surface area contributed by atoms with Gasteiger partial charge in [-0.25, -0.2) is 4.39 Å². The highest BCUT2D eigenvalue weighted by Gasteiger charge is 2.09. The molecule has 0 aliphatic heterocycles. The van der Waals surface area contributed by atoms with Crippen molar-refractivity contribution in [3.63, 3.8) is 0 Å². The summed E-state index contributed by atoms with van der Waals surface area (Å²) in [5.41, 5.74) is 1.33. The summed E-state index contributed by atoms with van der Waals surface area (Å²) >= 11 is 5.77. The van der Waals surface area contributed by atoms with Gasteiger partial charge in [0.05, 0.1) is 0 Å². The summed E-state index contributed by atoms with van der Waals surface area (Å²) in [6.07, 6.45) is -0.301. The van der Waals surface area contributed by atoms with E-state index in [9.17, 15) is 14.0 Å². The highest BCUT2D eigenvalue weighted by Crippen LogP contribution is 2.10. The second-order valence-corrected chi connectivity index (χ2v) is 5.07. The van der Waals surface area contributed by atoms with Gasteiger partial charge in [0.15, 0.2) is 0 Å². The first-order valence-electron chi connectivity index (χ1n) is 6.59. The van der Waals surface area contributed by atoms with E-state index in [4.69, 9.17) is 11.6 Å². The van der Waals surface area contributed by atoms with Gasteiger partial charge < -0.3 is 10.6 Å². The van der Waals surface area contributed by atoms with Crippen molar-refractivity contribution in [1.82, 2.24) is 5.32 Å². The van der Waals surface area contributed by atoms with E-state index in [-0.39, 0.29) is 6.42 Å². The van der Waals surface area contributed by atoms with E-state index in [2.05, 4.69) is 10.6 Å². The minimum Gasteiger partial charge on any atom is -0.352 e. The molecule has 0 aromatic heterocycles. The highest BCUT2D eigenvalue weighted by atomic mass is 35.5. The van der Waals surface area contributed by atoms with Crippen LogP contribution in [0.2, 0.25) is 5.02 Å². The van der Waals surface area contributed by atoms with Crippen LogP contribution in [-0.2, 0) is 16.1 Å². The smallest absolute Gasteiger partial charge is 0.233 e. The molecule has 0 aliphatic rings. The number of benzene rings is 2. The van der Waals surface area contributed by atoms with E-state index in [0.717, 1.165) is 5.56 Å². The molecular formula is C16H14ClFN2O2. The fourth-order valence-electron chi connectivity index (χ4n) is 1.75. The molecule has 0 aliphatic carbocycles. The van der Waals surface area contributed by atoms with Gasteiger partial charge in [0.1, 0.15) is 12.2 Å². The van der Waals surface area contributed by atoms with Crippen molar-refractivity contribution in [3.8, 4) is 0 Å². The number of carbonyl (C=O) groups is 2. The lowest BCUT2D eigenvalue weighted by Gasteiger charge is -2.07. The van der Waals surface area contributed by atoms with Crippen LogP contribution in [0.25, 0.3) is 0 Å². The van der Waals surface area contributed by atoms with Crippen LogP contribution in [-0.4, -0.2) is 11.8 Å². The summed E-state index contributed by atoms with van der Waals surface area (Å²) in [7, 11) is 0. The Morgan fingerprint density at radius 2 is 1.59 bits per heavy atom. The Labute approximate surface area is 132 Å². The molecule has 0 fully saturated rings. The molecule has 0 spiro atoms. The molecule has 22 heavy (non-hydrogen) atoms. The van der Waals surface area contributed by atoms with Crippen molar-refractivity contribution in [1.29, 1.82) is 0 Å². The molecule has 2 rings (SSSR count). The lowest BCUT2D eigenvalue weighted by molar-refractivity contribution is -0.126. The van der Waals surface area contributed by atoms with Gasteiger partial charge >= 0.3 is 0 Å². The first-order valence-corrected chi connectivity index (χ1v) is 6.97. The average molecular weight is 321 g/mol. The van der Waals surface area contributed by atoms with Crippen molar-refractivity contribution in [3.05, 3.63) is 64.9 Å². The number of rotatable bonds is 5. The van der Waals surface area contributed by atoms with Crippen molar-refractivity contribution in [2.45, 2.75) is 13.0 Å². The third-order valence-electron chi connectivity index (χ3n) is 2.85.